The lowest BCUT2D eigenvalue weighted by Gasteiger charge is -2.39. The summed E-state index contributed by atoms with van der Waals surface area (Å²) >= 11 is 0. The van der Waals surface area contributed by atoms with E-state index in [4.69, 9.17) is 0 Å². The summed E-state index contributed by atoms with van der Waals surface area (Å²) in [6.45, 7) is 2.30. The summed E-state index contributed by atoms with van der Waals surface area (Å²) in [5, 5.41) is 4.31. The Kier molecular flexibility index (Phi) is 5.56. The normalized spacial score (nSPS) is 16.9. The monoisotopic (exact) mass is 426 g/mol. The lowest BCUT2D eigenvalue weighted by molar-refractivity contribution is -0.135. The van der Waals surface area contributed by atoms with E-state index in [1.807, 2.05) is 70.5 Å². The van der Waals surface area contributed by atoms with Crippen molar-refractivity contribution >= 4 is 5.91 Å². The Morgan fingerprint density at radius 2 is 1.97 bits per heavy atom. The largest absolute Gasteiger partial charge is 0.340 e. The number of H-pyrrole nitrogens is 1. The summed E-state index contributed by atoms with van der Waals surface area (Å²) in [7, 11) is 2.09. The van der Waals surface area contributed by atoms with Crippen molar-refractivity contribution in [1.29, 1.82) is 0 Å². The number of aromatic amines is 1. The first-order valence-electron chi connectivity index (χ1n) is 10.8. The molecular weight excluding hydrogens is 400 g/mol. The van der Waals surface area contributed by atoms with Gasteiger partial charge in [-0.25, -0.2) is 9.67 Å². The minimum absolute atomic E-state index is 0.104. The quantitative estimate of drug-likeness (QED) is 0.532. The zero-order valence-electron chi connectivity index (χ0n) is 18.1. The Balaban J connectivity index is 1.39. The Labute approximate surface area is 187 Å². The molecule has 2 aromatic heterocycles. The molecular formula is C25H26N6O. The van der Waals surface area contributed by atoms with Crippen LogP contribution in [0.1, 0.15) is 17.4 Å². The molecule has 1 aliphatic heterocycles. The van der Waals surface area contributed by atoms with Gasteiger partial charge in [0.25, 0.3) is 0 Å². The highest BCUT2D eigenvalue weighted by Crippen LogP contribution is 2.27. The van der Waals surface area contributed by atoms with Gasteiger partial charge in [0.05, 0.1) is 24.0 Å². The maximum Gasteiger partial charge on any atom is 0.227 e. The van der Waals surface area contributed by atoms with Crippen LogP contribution in [0.15, 0.2) is 79.3 Å². The topological polar surface area (TPSA) is 70.0 Å². The van der Waals surface area contributed by atoms with E-state index in [9.17, 15) is 4.79 Å². The van der Waals surface area contributed by atoms with Crippen LogP contribution in [-0.2, 0) is 11.2 Å². The molecule has 1 unspecified atom stereocenters. The van der Waals surface area contributed by atoms with E-state index in [2.05, 4.69) is 39.1 Å². The fraction of sp³-hybridized carbons (Fsp3) is 0.240. The van der Waals surface area contributed by atoms with Gasteiger partial charge in [0.15, 0.2) is 0 Å². The zero-order valence-corrected chi connectivity index (χ0v) is 18.1. The molecule has 32 heavy (non-hydrogen) atoms. The van der Waals surface area contributed by atoms with Crippen LogP contribution >= 0.6 is 0 Å². The molecule has 7 nitrogen and oxygen atoms in total. The highest BCUT2D eigenvalue weighted by atomic mass is 16.2. The van der Waals surface area contributed by atoms with Gasteiger partial charge in [0.2, 0.25) is 5.91 Å². The molecule has 2 aromatic carbocycles. The van der Waals surface area contributed by atoms with Crippen LogP contribution in [-0.4, -0.2) is 62.1 Å². The number of rotatable bonds is 5. The first-order valence-corrected chi connectivity index (χ1v) is 10.8. The van der Waals surface area contributed by atoms with Crippen LogP contribution in [0, 0.1) is 0 Å². The zero-order chi connectivity index (χ0) is 21.9. The molecule has 0 spiro atoms. The van der Waals surface area contributed by atoms with Gasteiger partial charge in [-0.3, -0.25) is 4.79 Å². The van der Waals surface area contributed by atoms with E-state index >= 15 is 0 Å². The number of nitrogens with zero attached hydrogens (tertiary/aromatic N) is 5. The van der Waals surface area contributed by atoms with E-state index in [0.29, 0.717) is 13.0 Å². The minimum atomic E-state index is -0.104. The van der Waals surface area contributed by atoms with Crippen LogP contribution in [0.25, 0.3) is 16.9 Å². The summed E-state index contributed by atoms with van der Waals surface area (Å²) in [5.41, 5.74) is 3.98. The molecule has 1 fully saturated rings. The smallest absolute Gasteiger partial charge is 0.227 e. The van der Waals surface area contributed by atoms with Crippen molar-refractivity contribution in [2.45, 2.75) is 12.5 Å². The Morgan fingerprint density at radius 3 is 2.78 bits per heavy atom. The average Bonchev–Trinajstić information content (AvgIpc) is 3.52. The molecule has 5 rings (SSSR count). The first kappa shape index (κ1) is 20.2. The predicted octanol–water partition coefficient (Wildman–Crippen LogP) is 3.32. The standard InChI is InChI=1S/C25H26N6O/c1-29-13-14-30(24(32)15-19-7-3-2-4-8-19)23(18-29)25-26-17-22(28-25)20-9-5-10-21(16-20)31-12-6-11-27-31/h2-12,16-17,23H,13-15,18H2,1H3,(H,26,28). The molecule has 1 aliphatic rings. The van der Waals surface area contributed by atoms with E-state index in [0.717, 1.165) is 41.4 Å². The van der Waals surface area contributed by atoms with E-state index < -0.39 is 0 Å². The number of carbonyl (C=O) groups is 1. The molecule has 0 saturated carbocycles. The number of hydrogen-bond acceptors (Lipinski definition) is 4. The Morgan fingerprint density at radius 1 is 1.09 bits per heavy atom. The molecule has 1 saturated heterocycles. The molecule has 7 heteroatoms. The molecule has 0 aliphatic carbocycles. The average molecular weight is 427 g/mol. The molecule has 0 radical (unpaired) electrons. The number of amides is 1. The van der Waals surface area contributed by atoms with Crippen molar-refractivity contribution in [3.05, 3.63) is 90.6 Å². The Hall–Kier alpha value is -3.71. The summed E-state index contributed by atoms with van der Waals surface area (Å²) in [4.78, 5) is 25.5. The Bertz CT molecular complexity index is 1180. The van der Waals surface area contributed by atoms with E-state index in [1.54, 1.807) is 6.20 Å². The van der Waals surface area contributed by atoms with Gasteiger partial charge < -0.3 is 14.8 Å². The third kappa shape index (κ3) is 4.20. The van der Waals surface area contributed by atoms with Crippen molar-refractivity contribution in [2.75, 3.05) is 26.7 Å². The third-order valence-corrected chi connectivity index (χ3v) is 5.94. The van der Waals surface area contributed by atoms with Gasteiger partial charge in [0.1, 0.15) is 11.9 Å². The number of carbonyl (C=O) groups excluding carboxylic acids is 1. The lowest BCUT2D eigenvalue weighted by Crippen LogP contribution is -2.50. The number of nitrogens with one attached hydrogen (secondary N) is 1. The van der Waals surface area contributed by atoms with Crippen LogP contribution in [0.5, 0.6) is 0 Å². The predicted molar refractivity (Wildman–Crippen MR) is 123 cm³/mol. The van der Waals surface area contributed by atoms with Gasteiger partial charge >= 0.3 is 0 Å². The number of likely N-dealkylation sites (N-methyl/N-ethyl adjacent to an activating group) is 1. The van der Waals surface area contributed by atoms with Crippen LogP contribution < -0.4 is 0 Å². The number of piperazine rings is 1. The maximum absolute atomic E-state index is 13.2. The maximum atomic E-state index is 13.2. The lowest BCUT2D eigenvalue weighted by atomic mass is 10.1. The van der Waals surface area contributed by atoms with Crippen molar-refractivity contribution in [3.8, 4) is 16.9 Å². The number of aromatic nitrogens is 4. The molecule has 1 atom stereocenters. The van der Waals surface area contributed by atoms with Gasteiger partial charge in [-0.1, -0.05) is 42.5 Å². The highest BCUT2D eigenvalue weighted by Gasteiger charge is 2.32. The van der Waals surface area contributed by atoms with Crippen molar-refractivity contribution in [3.63, 3.8) is 0 Å². The van der Waals surface area contributed by atoms with Gasteiger partial charge in [0, 0.05) is 37.6 Å². The second-order valence-electron chi connectivity index (χ2n) is 8.21. The molecule has 1 amide bonds. The SMILES string of the molecule is CN1CCN(C(=O)Cc2ccccc2)C(c2ncc(-c3cccc(-n4cccn4)c3)[nH]2)C1. The fourth-order valence-electron chi connectivity index (χ4n) is 4.21. The summed E-state index contributed by atoms with van der Waals surface area (Å²) < 4.78 is 1.83. The molecule has 1 N–H and O–H groups in total. The second kappa shape index (κ2) is 8.80. The molecule has 162 valence electrons. The summed E-state index contributed by atoms with van der Waals surface area (Å²) in [6, 6.07) is 19.9. The molecule has 4 aromatic rings. The molecule has 3 heterocycles. The summed E-state index contributed by atoms with van der Waals surface area (Å²) in [6.07, 6.45) is 5.94. The minimum Gasteiger partial charge on any atom is -0.340 e. The van der Waals surface area contributed by atoms with Gasteiger partial charge in [-0.2, -0.15) is 5.10 Å². The van der Waals surface area contributed by atoms with Gasteiger partial charge in [-0.05, 0) is 30.8 Å². The van der Waals surface area contributed by atoms with Gasteiger partial charge in [-0.15, -0.1) is 0 Å². The number of benzene rings is 2. The summed E-state index contributed by atoms with van der Waals surface area (Å²) in [5.74, 6) is 0.949. The third-order valence-electron chi connectivity index (χ3n) is 5.94. The van der Waals surface area contributed by atoms with Crippen LogP contribution in [0.2, 0.25) is 0 Å². The van der Waals surface area contributed by atoms with Crippen LogP contribution in [0.3, 0.4) is 0 Å². The first-order chi connectivity index (χ1) is 15.7. The van der Waals surface area contributed by atoms with Crippen molar-refractivity contribution < 1.29 is 4.79 Å². The van der Waals surface area contributed by atoms with E-state index in [1.165, 1.54) is 0 Å². The van der Waals surface area contributed by atoms with Crippen LogP contribution in [0.4, 0.5) is 0 Å². The van der Waals surface area contributed by atoms with Crippen molar-refractivity contribution in [2.24, 2.45) is 0 Å². The van der Waals surface area contributed by atoms with Crippen molar-refractivity contribution in [1.82, 2.24) is 29.5 Å². The number of imidazole rings is 1. The fourth-order valence-corrected chi connectivity index (χ4v) is 4.21. The molecule has 0 bridgehead atoms. The number of hydrogen-bond donors (Lipinski definition) is 1. The van der Waals surface area contributed by atoms with E-state index in [-0.39, 0.29) is 11.9 Å². The highest BCUT2D eigenvalue weighted by molar-refractivity contribution is 5.79. The second-order valence-corrected chi connectivity index (χ2v) is 8.21.